The Hall–Kier alpha value is -2.50. The molecular formula is C22H27ClO5. The van der Waals surface area contributed by atoms with Crippen molar-refractivity contribution < 1.29 is 24.9 Å². The molecule has 1 aliphatic heterocycles. The van der Waals surface area contributed by atoms with E-state index in [1.807, 2.05) is 24.3 Å². The maximum absolute atomic E-state index is 9.60. The molecule has 1 atom stereocenters. The molecule has 2 aromatic carbocycles. The number of benzene rings is 2. The van der Waals surface area contributed by atoms with Crippen molar-refractivity contribution in [1.29, 1.82) is 0 Å². The molecule has 0 bridgehead atoms. The normalized spacial score (nSPS) is 14.6. The zero-order valence-electron chi connectivity index (χ0n) is 16.4. The first-order valence-electron chi connectivity index (χ1n) is 8.73. The highest BCUT2D eigenvalue weighted by Crippen LogP contribution is 2.32. The molecule has 3 rings (SSSR count). The lowest BCUT2D eigenvalue weighted by Crippen LogP contribution is -2.18. The van der Waals surface area contributed by atoms with Crippen LogP contribution in [0.4, 0.5) is 0 Å². The van der Waals surface area contributed by atoms with Crippen molar-refractivity contribution in [2.24, 2.45) is 0 Å². The van der Waals surface area contributed by atoms with E-state index in [9.17, 15) is 15.0 Å². The Bertz CT molecular complexity index is 703. The molecule has 1 saturated heterocycles. The van der Waals surface area contributed by atoms with E-state index in [1.165, 1.54) is 6.92 Å². The summed E-state index contributed by atoms with van der Waals surface area (Å²) in [7, 11) is 0. The van der Waals surface area contributed by atoms with Crippen LogP contribution in [0.5, 0.6) is 11.5 Å². The Morgan fingerprint density at radius 1 is 1.07 bits per heavy atom. The van der Waals surface area contributed by atoms with Gasteiger partial charge in [0.1, 0.15) is 11.5 Å². The van der Waals surface area contributed by atoms with Gasteiger partial charge in [-0.05, 0) is 42.3 Å². The standard InChI is InChI=1S/C15H16O2.C4H6O2.C3H5ClO/c1-15(2,11-3-7-13(16)8-4-11)12-5-9-14(17)10-6-12;1-3(2)4(5)6;4-1-3-2-5-3/h3-10,16-17H,1-2H3;1H2,2H3,(H,5,6);3H,1-2H2. The third-order valence-electron chi connectivity index (χ3n) is 4.12. The van der Waals surface area contributed by atoms with Crippen molar-refractivity contribution in [1.82, 2.24) is 0 Å². The summed E-state index contributed by atoms with van der Waals surface area (Å²) in [4.78, 5) is 9.60. The third-order valence-corrected chi connectivity index (χ3v) is 4.46. The zero-order chi connectivity index (χ0) is 21.3. The van der Waals surface area contributed by atoms with Crippen molar-refractivity contribution in [3.8, 4) is 11.5 Å². The van der Waals surface area contributed by atoms with Gasteiger partial charge < -0.3 is 20.1 Å². The van der Waals surface area contributed by atoms with Crippen molar-refractivity contribution >= 4 is 17.6 Å². The second kappa shape index (κ2) is 10.7. The highest BCUT2D eigenvalue weighted by atomic mass is 35.5. The van der Waals surface area contributed by atoms with E-state index in [-0.39, 0.29) is 22.5 Å². The smallest absolute Gasteiger partial charge is 0.330 e. The number of carboxylic acid groups (broad SMARTS) is 1. The van der Waals surface area contributed by atoms with Gasteiger partial charge >= 0.3 is 5.97 Å². The number of carbonyl (C=O) groups is 1. The number of phenols is 2. The van der Waals surface area contributed by atoms with E-state index in [0.717, 1.165) is 17.7 Å². The molecule has 1 fully saturated rings. The molecule has 0 spiro atoms. The number of rotatable bonds is 4. The summed E-state index contributed by atoms with van der Waals surface area (Å²) in [5.74, 6) is 0.278. The summed E-state index contributed by atoms with van der Waals surface area (Å²) in [6, 6.07) is 14.4. The minimum absolute atomic E-state index is 0.151. The van der Waals surface area contributed by atoms with Crippen molar-refractivity contribution in [2.75, 3.05) is 12.5 Å². The monoisotopic (exact) mass is 406 g/mol. The van der Waals surface area contributed by atoms with Crippen molar-refractivity contribution in [3.63, 3.8) is 0 Å². The minimum Gasteiger partial charge on any atom is -0.508 e. The van der Waals surface area contributed by atoms with Gasteiger partial charge in [0.15, 0.2) is 0 Å². The van der Waals surface area contributed by atoms with Crippen LogP contribution in [-0.2, 0) is 14.9 Å². The Morgan fingerprint density at radius 3 is 1.57 bits per heavy atom. The molecule has 1 heterocycles. The van der Waals surface area contributed by atoms with Crippen LogP contribution in [0.2, 0.25) is 0 Å². The Labute approximate surface area is 170 Å². The number of aromatic hydroxyl groups is 2. The lowest BCUT2D eigenvalue weighted by molar-refractivity contribution is -0.132. The van der Waals surface area contributed by atoms with Crippen LogP contribution >= 0.6 is 11.6 Å². The number of aliphatic carboxylic acids is 1. The number of hydrogen-bond donors (Lipinski definition) is 3. The summed E-state index contributed by atoms with van der Waals surface area (Å²) >= 11 is 5.27. The van der Waals surface area contributed by atoms with Gasteiger partial charge in [-0.15, -0.1) is 11.6 Å². The number of hydrogen-bond acceptors (Lipinski definition) is 4. The maximum Gasteiger partial charge on any atom is 0.330 e. The zero-order valence-corrected chi connectivity index (χ0v) is 17.1. The fourth-order valence-corrected chi connectivity index (χ4v) is 2.26. The number of epoxide rings is 1. The second-order valence-electron chi connectivity index (χ2n) is 6.91. The van der Waals surface area contributed by atoms with E-state index < -0.39 is 5.97 Å². The minimum atomic E-state index is -0.935. The predicted octanol–water partition coefficient (Wildman–Crippen LogP) is 4.69. The molecule has 5 nitrogen and oxygen atoms in total. The van der Waals surface area contributed by atoms with E-state index in [4.69, 9.17) is 21.4 Å². The van der Waals surface area contributed by atoms with Crippen LogP contribution in [0.1, 0.15) is 31.9 Å². The Balaban J connectivity index is 0.000000291. The topological polar surface area (TPSA) is 90.3 Å². The van der Waals surface area contributed by atoms with E-state index in [2.05, 4.69) is 20.4 Å². The van der Waals surface area contributed by atoms with E-state index in [1.54, 1.807) is 24.3 Å². The first kappa shape index (κ1) is 23.5. The van der Waals surface area contributed by atoms with Gasteiger partial charge in [0.05, 0.1) is 18.6 Å². The van der Waals surface area contributed by atoms with Crippen molar-refractivity contribution in [3.05, 3.63) is 71.8 Å². The number of carboxylic acids is 1. The molecule has 1 aliphatic rings. The Morgan fingerprint density at radius 2 is 1.39 bits per heavy atom. The molecule has 1 unspecified atom stereocenters. The second-order valence-corrected chi connectivity index (χ2v) is 7.22. The van der Waals surface area contributed by atoms with Crippen LogP contribution in [0, 0.1) is 0 Å². The third kappa shape index (κ3) is 8.03. The average molecular weight is 407 g/mol. The average Bonchev–Trinajstić information content (AvgIpc) is 3.48. The van der Waals surface area contributed by atoms with Crippen LogP contribution < -0.4 is 0 Å². The lowest BCUT2D eigenvalue weighted by atomic mass is 9.78. The van der Waals surface area contributed by atoms with Crippen LogP contribution in [-0.4, -0.2) is 39.9 Å². The predicted molar refractivity (Wildman–Crippen MR) is 111 cm³/mol. The highest BCUT2D eigenvalue weighted by molar-refractivity contribution is 6.18. The Kier molecular flexibility index (Phi) is 9.03. The molecule has 0 aliphatic carbocycles. The summed E-state index contributed by atoms with van der Waals surface area (Å²) < 4.78 is 4.73. The number of phenolic OH excluding ortho intramolecular Hbond substituents is 2. The first-order chi connectivity index (χ1) is 13.1. The molecule has 0 aromatic heterocycles. The highest BCUT2D eigenvalue weighted by Gasteiger charge is 2.22. The molecule has 0 amide bonds. The molecule has 2 aromatic rings. The fraction of sp³-hybridized carbons (Fsp3) is 0.318. The van der Waals surface area contributed by atoms with Crippen molar-refractivity contribution in [2.45, 2.75) is 32.3 Å². The quantitative estimate of drug-likeness (QED) is 0.389. The van der Waals surface area contributed by atoms with Gasteiger partial charge in [0.25, 0.3) is 0 Å². The molecule has 152 valence electrons. The summed E-state index contributed by atoms with van der Waals surface area (Å²) in [5, 5.41) is 26.5. The molecular weight excluding hydrogens is 380 g/mol. The summed E-state index contributed by atoms with van der Waals surface area (Å²) in [6.45, 7) is 9.71. The molecule has 6 heteroatoms. The molecule has 3 N–H and O–H groups in total. The summed E-state index contributed by atoms with van der Waals surface area (Å²) in [5.41, 5.74) is 2.28. The number of ether oxygens (including phenoxy) is 1. The van der Waals surface area contributed by atoms with E-state index >= 15 is 0 Å². The van der Waals surface area contributed by atoms with Crippen LogP contribution in [0.15, 0.2) is 60.7 Å². The fourth-order valence-electron chi connectivity index (χ4n) is 2.08. The van der Waals surface area contributed by atoms with Crippen LogP contribution in [0.3, 0.4) is 0 Å². The van der Waals surface area contributed by atoms with Gasteiger partial charge in [0.2, 0.25) is 0 Å². The maximum atomic E-state index is 9.60. The van der Waals surface area contributed by atoms with Crippen LogP contribution in [0.25, 0.3) is 0 Å². The van der Waals surface area contributed by atoms with Gasteiger partial charge in [-0.25, -0.2) is 4.79 Å². The first-order valence-corrected chi connectivity index (χ1v) is 9.26. The van der Waals surface area contributed by atoms with E-state index in [0.29, 0.717) is 12.0 Å². The molecule has 28 heavy (non-hydrogen) atoms. The van der Waals surface area contributed by atoms with Gasteiger partial charge in [-0.3, -0.25) is 0 Å². The SMILES string of the molecule is C=C(C)C(=O)O.CC(C)(c1ccc(O)cc1)c1ccc(O)cc1.ClCC1CO1. The number of halogens is 1. The van der Waals surface area contributed by atoms with Gasteiger partial charge in [-0.2, -0.15) is 0 Å². The molecule has 0 saturated carbocycles. The lowest BCUT2D eigenvalue weighted by Gasteiger charge is -2.26. The number of alkyl halides is 1. The van der Waals surface area contributed by atoms with Gasteiger partial charge in [0, 0.05) is 11.0 Å². The van der Waals surface area contributed by atoms with Gasteiger partial charge in [-0.1, -0.05) is 44.7 Å². The largest absolute Gasteiger partial charge is 0.508 e. The molecule has 0 radical (unpaired) electrons. The summed E-state index contributed by atoms with van der Waals surface area (Å²) in [6.07, 6.45) is 0.400.